The summed E-state index contributed by atoms with van der Waals surface area (Å²) in [4.78, 5) is 25.7. The van der Waals surface area contributed by atoms with Crippen LogP contribution in [0.2, 0.25) is 0 Å². The van der Waals surface area contributed by atoms with Gasteiger partial charge in [0.05, 0.1) is 24.2 Å². The number of rotatable bonds is 4. The summed E-state index contributed by atoms with van der Waals surface area (Å²) in [5.41, 5.74) is 2.39. The van der Waals surface area contributed by atoms with Gasteiger partial charge in [-0.15, -0.1) is 0 Å². The van der Waals surface area contributed by atoms with Gasteiger partial charge in [-0.25, -0.2) is 0 Å². The number of aryl methyl sites for hydroxylation is 2. The number of carboxylic acids is 1. The van der Waals surface area contributed by atoms with Gasteiger partial charge in [-0.1, -0.05) is 35.5 Å². The van der Waals surface area contributed by atoms with Gasteiger partial charge in [0, 0.05) is 12.0 Å². The summed E-state index contributed by atoms with van der Waals surface area (Å²) in [6.07, 6.45) is 0.0122. The highest BCUT2D eigenvalue weighted by atomic mass is 16.5. The summed E-state index contributed by atoms with van der Waals surface area (Å²) in [6, 6.07) is 8.82. The molecule has 0 spiro atoms. The van der Waals surface area contributed by atoms with Crippen molar-refractivity contribution < 1.29 is 19.2 Å². The van der Waals surface area contributed by atoms with E-state index < -0.39 is 17.9 Å². The van der Waals surface area contributed by atoms with Crippen molar-refractivity contribution in [3.8, 4) is 0 Å². The zero-order chi connectivity index (χ0) is 16.6. The van der Waals surface area contributed by atoms with Gasteiger partial charge in [-0.05, 0) is 19.4 Å². The smallest absolute Gasteiger partial charge is 0.309 e. The van der Waals surface area contributed by atoms with Gasteiger partial charge in [-0.2, -0.15) is 0 Å². The number of benzene rings is 1. The summed E-state index contributed by atoms with van der Waals surface area (Å²) in [6.45, 7) is 3.92. The molecule has 1 aliphatic heterocycles. The molecule has 1 aromatic heterocycles. The van der Waals surface area contributed by atoms with Gasteiger partial charge in [0.1, 0.15) is 5.76 Å². The molecule has 0 radical (unpaired) electrons. The van der Waals surface area contributed by atoms with Gasteiger partial charge >= 0.3 is 5.97 Å². The molecule has 1 N–H and O–H groups in total. The van der Waals surface area contributed by atoms with Gasteiger partial charge in [0.25, 0.3) is 0 Å². The first kappa shape index (κ1) is 15.3. The molecule has 1 saturated heterocycles. The van der Waals surface area contributed by atoms with Crippen LogP contribution in [-0.4, -0.2) is 27.0 Å². The second-order valence-electron chi connectivity index (χ2n) is 5.83. The van der Waals surface area contributed by atoms with E-state index >= 15 is 0 Å². The number of hydrogen-bond donors (Lipinski definition) is 1. The first-order valence-corrected chi connectivity index (χ1v) is 7.48. The van der Waals surface area contributed by atoms with E-state index in [1.165, 1.54) is 0 Å². The SMILES string of the molecule is Cc1noc(C)c1CN1C(=O)C[C@H](C(=O)O)[C@H]1c1ccccc1. The van der Waals surface area contributed by atoms with Crippen molar-refractivity contribution in [2.24, 2.45) is 5.92 Å². The van der Waals surface area contributed by atoms with Crippen molar-refractivity contribution in [1.82, 2.24) is 10.1 Å². The summed E-state index contributed by atoms with van der Waals surface area (Å²) >= 11 is 0. The summed E-state index contributed by atoms with van der Waals surface area (Å²) in [5, 5.41) is 13.4. The Balaban J connectivity index is 1.99. The molecule has 0 aliphatic carbocycles. The van der Waals surface area contributed by atoms with E-state index in [0.717, 1.165) is 16.8 Å². The third-order valence-electron chi connectivity index (χ3n) is 4.40. The standard InChI is InChI=1S/C17H18N2O4/c1-10-14(11(2)23-18-10)9-19-15(20)8-13(17(21)22)16(19)12-6-4-3-5-7-12/h3-7,13,16H,8-9H2,1-2H3,(H,21,22)/t13-,16+/m0/s1. The number of carbonyl (C=O) groups excluding carboxylic acids is 1. The number of carboxylic acid groups (broad SMARTS) is 1. The van der Waals surface area contributed by atoms with E-state index in [1.54, 1.807) is 11.8 Å². The second-order valence-corrected chi connectivity index (χ2v) is 5.83. The van der Waals surface area contributed by atoms with E-state index in [2.05, 4.69) is 5.16 Å². The lowest BCUT2D eigenvalue weighted by Crippen LogP contribution is -2.30. The van der Waals surface area contributed by atoms with Crippen LogP contribution in [0.3, 0.4) is 0 Å². The Labute approximate surface area is 133 Å². The van der Waals surface area contributed by atoms with E-state index in [1.807, 2.05) is 37.3 Å². The Morgan fingerprint density at radius 1 is 1.35 bits per heavy atom. The van der Waals surface area contributed by atoms with Crippen LogP contribution in [0, 0.1) is 19.8 Å². The summed E-state index contributed by atoms with van der Waals surface area (Å²) in [7, 11) is 0. The van der Waals surface area contributed by atoms with E-state index in [9.17, 15) is 14.7 Å². The molecule has 2 atom stereocenters. The monoisotopic (exact) mass is 314 g/mol. The number of carbonyl (C=O) groups is 2. The lowest BCUT2D eigenvalue weighted by atomic mass is 9.93. The van der Waals surface area contributed by atoms with Crippen LogP contribution in [0.5, 0.6) is 0 Å². The maximum absolute atomic E-state index is 12.4. The minimum absolute atomic E-state index is 0.0122. The van der Waals surface area contributed by atoms with Crippen LogP contribution in [-0.2, 0) is 16.1 Å². The van der Waals surface area contributed by atoms with Crippen LogP contribution in [0.25, 0.3) is 0 Å². The van der Waals surface area contributed by atoms with Crippen molar-refractivity contribution in [2.75, 3.05) is 0 Å². The minimum atomic E-state index is -0.950. The van der Waals surface area contributed by atoms with Crippen molar-refractivity contribution >= 4 is 11.9 Å². The molecular weight excluding hydrogens is 296 g/mol. The van der Waals surface area contributed by atoms with Gasteiger partial charge < -0.3 is 14.5 Å². The predicted octanol–water partition coefficient (Wildman–Crippen LogP) is 2.47. The lowest BCUT2D eigenvalue weighted by molar-refractivity contribution is -0.142. The number of hydrogen-bond acceptors (Lipinski definition) is 4. The largest absolute Gasteiger partial charge is 0.481 e. The first-order valence-electron chi connectivity index (χ1n) is 7.48. The molecule has 0 unspecified atom stereocenters. The fourth-order valence-electron chi connectivity index (χ4n) is 3.16. The zero-order valence-corrected chi connectivity index (χ0v) is 13.0. The lowest BCUT2D eigenvalue weighted by Gasteiger charge is -2.27. The third kappa shape index (κ3) is 2.72. The molecule has 120 valence electrons. The zero-order valence-electron chi connectivity index (χ0n) is 13.0. The first-order chi connectivity index (χ1) is 11.0. The summed E-state index contributed by atoms with van der Waals surface area (Å²) in [5.74, 6) is -1.20. The average molecular weight is 314 g/mol. The van der Waals surface area contributed by atoms with E-state index in [0.29, 0.717) is 12.3 Å². The highest BCUT2D eigenvalue weighted by Crippen LogP contribution is 2.39. The van der Waals surface area contributed by atoms with Crippen LogP contribution < -0.4 is 0 Å². The van der Waals surface area contributed by atoms with Gasteiger partial charge in [0.2, 0.25) is 5.91 Å². The average Bonchev–Trinajstić information content (AvgIpc) is 3.03. The molecule has 2 aromatic rings. The Hall–Kier alpha value is -2.63. The number of nitrogens with zero attached hydrogens (tertiary/aromatic N) is 2. The van der Waals surface area contributed by atoms with Crippen molar-refractivity contribution in [1.29, 1.82) is 0 Å². The van der Waals surface area contributed by atoms with Gasteiger partial charge in [-0.3, -0.25) is 9.59 Å². The van der Waals surface area contributed by atoms with E-state index in [4.69, 9.17) is 4.52 Å². The molecule has 6 nitrogen and oxygen atoms in total. The fourth-order valence-corrected chi connectivity index (χ4v) is 3.16. The normalized spacial score (nSPS) is 21.0. The highest BCUT2D eigenvalue weighted by molar-refractivity contribution is 5.87. The van der Waals surface area contributed by atoms with Crippen molar-refractivity contribution in [3.05, 3.63) is 52.9 Å². The molecule has 1 fully saturated rings. The van der Waals surface area contributed by atoms with Crippen molar-refractivity contribution in [3.63, 3.8) is 0 Å². The molecule has 1 aliphatic rings. The van der Waals surface area contributed by atoms with Crippen LogP contribution in [0.15, 0.2) is 34.9 Å². The fraction of sp³-hybridized carbons (Fsp3) is 0.353. The molecule has 2 heterocycles. The van der Waals surface area contributed by atoms with E-state index in [-0.39, 0.29) is 12.3 Å². The Morgan fingerprint density at radius 2 is 2.04 bits per heavy atom. The molecule has 3 rings (SSSR count). The quantitative estimate of drug-likeness (QED) is 0.937. The number of aliphatic carboxylic acids is 1. The summed E-state index contributed by atoms with van der Waals surface area (Å²) < 4.78 is 5.15. The maximum Gasteiger partial charge on any atom is 0.309 e. The third-order valence-corrected chi connectivity index (χ3v) is 4.40. The van der Waals surface area contributed by atoms with Crippen LogP contribution in [0.4, 0.5) is 0 Å². The molecule has 1 aromatic carbocycles. The van der Waals surface area contributed by atoms with Gasteiger partial charge in [0.15, 0.2) is 0 Å². The Morgan fingerprint density at radius 3 is 2.61 bits per heavy atom. The number of aromatic nitrogens is 1. The maximum atomic E-state index is 12.4. The Kier molecular flexibility index (Phi) is 3.90. The molecule has 1 amide bonds. The molecular formula is C17H18N2O4. The topological polar surface area (TPSA) is 83.6 Å². The highest BCUT2D eigenvalue weighted by Gasteiger charge is 2.44. The minimum Gasteiger partial charge on any atom is -0.481 e. The Bertz CT molecular complexity index is 719. The van der Waals surface area contributed by atoms with Crippen molar-refractivity contribution in [2.45, 2.75) is 32.9 Å². The molecule has 23 heavy (non-hydrogen) atoms. The molecule has 0 saturated carbocycles. The number of amides is 1. The predicted molar refractivity (Wildman–Crippen MR) is 81.5 cm³/mol. The molecule has 0 bridgehead atoms. The second kappa shape index (κ2) is 5.87. The van der Waals surface area contributed by atoms with Crippen LogP contribution >= 0.6 is 0 Å². The van der Waals surface area contributed by atoms with Crippen LogP contribution in [0.1, 0.15) is 35.0 Å². The molecule has 6 heteroatoms. The number of likely N-dealkylation sites (tertiary alicyclic amines) is 1.